The smallest absolute Gasteiger partial charge is 0.220 e. The van der Waals surface area contributed by atoms with Crippen LogP contribution in [0.3, 0.4) is 0 Å². The van der Waals surface area contributed by atoms with E-state index in [0.717, 1.165) is 47.7 Å². The minimum Gasteiger partial charge on any atom is -0.504 e. The summed E-state index contributed by atoms with van der Waals surface area (Å²) >= 11 is 0. The normalized spacial score (nSPS) is 32.8. The summed E-state index contributed by atoms with van der Waals surface area (Å²) in [7, 11) is 0. The van der Waals surface area contributed by atoms with Crippen LogP contribution < -0.4 is 10.1 Å². The number of nitrogens with one attached hydrogen (secondary N) is 2. The minimum atomic E-state index is -0.840. The lowest BCUT2D eigenvalue weighted by Crippen LogP contribution is -2.72. The van der Waals surface area contributed by atoms with Gasteiger partial charge in [-0.15, -0.1) is 0 Å². The largest absolute Gasteiger partial charge is 0.504 e. The maximum atomic E-state index is 13.1. The monoisotopic (exact) mass is 458 g/mol. The Morgan fingerprint density at radius 3 is 2.97 bits per heavy atom. The van der Waals surface area contributed by atoms with Gasteiger partial charge in [-0.1, -0.05) is 30.7 Å². The lowest BCUT2D eigenvalue weighted by atomic mass is 9.45. The van der Waals surface area contributed by atoms with Gasteiger partial charge in [-0.25, -0.2) is 0 Å². The van der Waals surface area contributed by atoms with E-state index in [1.165, 1.54) is 5.56 Å². The Morgan fingerprint density at radius 2 is 2.06 bits per heavy atom. The molecule has 5 atom stereocenters. The van der Waals surface area contributed by atoms with Crippen LogP contribution in [-0.2, 0) is 23.1 Å². The van der Waals surface area contributed by atoms with Crippen LogP contribution in [0.5, 0.6) is 11.5 Å². The average molecular weight is 459 g/mol. The first-order valence-electron chi connectivity index (χ1n) is 12.6. The van der Waals surface area contributed by atoms with E-state index in [9.17, 15) is 15.0 Å². The SMILES string of the molecule is O=C(CCc1c[nH]c2ccccc12)N[C@@H]1CC[C@@]2(O)[C@@H]3CCC[C@@]24c2c(ccc(O)c2O[C@@H]14)C3. The third-order valence-electron chi connectivity index (χ3n) is 9.28. The van der Waals surface area contributed by atoms with Crippen LogP contribution in [-0.4, -0.2) is 38.9 Å². The van der Waals surface area contributed by atoms with Gasteiger partial charge >= 0.3 is 0 Å². The lowest BCUT2D eigenvalue weighted by molar-refractivity contribution is -0.176. The van der Waals surface area contributed by atoms with Crippen LogP contribution in [0.4, 0.5) is 0 Å². The molecule has 3 aliphatic carbocycles. The van der Waals surface area contributed by atoms with E-state index in [1.54, 1.807) is 6.07 Å². The first-order chi connectivity index (χ1) is 16.5. The molecule has 2 aromatic carbocycles. The van der Waals surface area contributed by atoms with Gasteiger partial charge in [0, 0.05) is 29.1 Å². The van der Waals surface area contributed by atoms with Gasteiger partial charge in [-0.2, -0.15) is 0 Å². The first kappa shape index (κ1) is 20.4. The molecule has 34 heavy (non-hydrogen) atoms. The molecule has 1 aliphatic heterocycles. The molecule has 176 valence electrons. The Bertz CT molecular complexity index is 1310. The number of hydrogen-bond acceptors (Lipinski definition) is 4. The molecule has 6 heteroatoms. The van der Waals surface area contributed by atoms with Crippen molar-refractivity contribution in [3.05, 3.63) is 59.3 Å². The lowest BCUT2D eigenvalue weighted by Gasteiger charge is -2.61. The van der Waals surface area contributed by atoms with Crippen LogP contribution in [0.15, 0.2) is 42.6 Å². The van der Waals surface area contributed by atoms with Crippen LogP contribution in [0.25, 0.3) is 10.9 Å². The van der Waals surface area contributed by atoms with Gasteiger partial charge in [0.25, 0.3) is 0 Å². The van der Waals surface area contributed by atoms with Crippen molar-refractivity contribution in [2.24, 2.45) is 5.92 Å². The number of carbonyl (C=O) groups excluding carboxylic acids is 1. The molecule has 0 radical (unpaired) electrons. The van der Waals surface area contributed by atoms with Crippen molar-refractivity contribution in [3.8, 4) is 11.5 Å². The van der Waals surface area contributed by atoms with E-state index in [2.05, 4.69) is 16.4 Å². The van der Waals surface area contributed by atoms with Gasteiger partial charge in [-0.3, -0.25) is 4.79 Å². The number of aryl methyl sites for hydroxylation is 1. The fraction of sp³-hybridized carbons (Fsp3) is 0.464. The summed E-state index contributed by atoms with van der Waals surface area (Å²) in [6.45, 7) is 0. The number of fused-ring (bicyclic) bond motifs is 1. The number of aliphatic hydroxyl groups is 1. The molecule has 1 aromatic heterocycles. The minimum absolute atomic E-state index is 0.00397. The second-order valence-electron chi connectivity index (χ2n) is 10.7. The summed E-state index contributed by atoms with van der Waals surface area (Å²) in [6.07, 6.45) is 7.74. The molecule has 7 rings (SSSR count). The zero-order valence-corrected chi connectivity index (χ0v) is 19.1. The maximum Gasteiger partial charge on any atom is 0.220 e. The molecule has 2 bridgehead atoms. The fourth-order valence-corrected chi connectivity index (χ4v) is 7.87. The topological polar surface area (TPSA) is 94.6 Å². The first-order valence-corrected chi connectivity index (χ1v) is 12.6. The van der Waals surface area contributed by atoms with Crippen molar-refractivity contribution >= 4 is 16.8 Å². The molecule has 2 fully saturated rings. The van der Waals surface area contributed by atoms with Gasteiger partial charge in [0.2, 0.25) is 5.91 Å². The molecular formula is C28H30N2O4. The number of amides is 1. The highest BCUT2D eigenvalue weighted by Crippen LogP contribution is 2.67. The summed E-state index contributed by atoms with van der Waals surface area (Å²) in [4.78, 5) is 16.4. The highest BCUT2D eigenvalue weighted by Gasteiger charge is 2.71. The summed E-state index contributed by atoms with van der Waals surface area (Å²) in [5.74, 6) is 0.873. The number of para-hydroxylation sites is 1. The summed E-state index contributed by atoms with van der Waals surface area (Å²) in [6, 6.07) is 11.7. The number of aromatic nitrogens is 1. The predicted molar refractivity (Wildman–Crippen MR) is 128 cm³/mol. The number of phenolic OH excluding ortho intramolecular Hbond substituents is 1. The summed E-state index contributed by atoms with van der Waals surface area (Å²) in [5.41, 5.74) is 3.03. The standard InChI is InChI=1S/C28H30N2O4/c31-22-9-7-16-14-18-4-3-12-27-24(16)25(22)34-26(27)21(11-13-28(18,27)33)30-23(32)10-8-17-15-29-20-6-2-1-5-19(17)20/h1-2,5-7,9,15,18,21,26,29,31,33H,3-4,8,10-14H2,(H,30,32)/t18-,21-,26+,27+,28-/m1/s1. The van der Waals surface area contributed by atoms with E-state index in [4.69, 9.17) is 4.74 Å². The van der Waals surface area contributed by atoms with Crippen molar-refractivity contribution in [1.29, 1.82) is 0 Å². The number of phenols is 1. The fourth-order valence-electron chi connectivity index (χ4n) is 7.87. The Labute approximate surface area is 198 Å². The summed E-state index contributed by atoms with van der Waals surface area (Å²) in [5, 5.41) is 27.2. The summed E-state index contributed by atoms with van der Waals surface area (Å²) < 4.78 is 6.47. The average Bonchev–Trinajstić information content (AvgIpc) is 3.40. The Kier molecular flexibility index (Phi) is 4.21. The molecule has 2 saturated carbocycles. The van der Waals surface area contributed by atoms with Gasteiger partial charge in [-0.05, 0) is 67.7 Å². The van der Waals surface area contributed by atoms with Crippen molar-refractivity contribution in [2.45, 2.75) is 74.5 Å². The zero-order valence-electron chi connectivity index (χ0n) is 19.1. The molecule has 6 nitrogen and oxygen atoms in total. The van der Waals surface area contributed by atoms with Crippen molar-refractivity contribution in [2.75, 3.05) is 0 Å². The molecule has 1 amide bonds. The number of carbonyl (C=O) groups is 1. The van der Waals surface area contributed by atoms with Crippen LogP contribution in [0.2, 0.25) is 0 Å². The molecule has 0 saturated heterocycles. The third kappa shape index (κ3) is 2.52. The maximum absolute atomic E-state index is 13.1. The van der Waals surface area contributed by atoms with Crippen LogP contribution in [0.1, 0.15) is 55.2 Å². The van der Waals surface area contributed by atoms with Crippen molar-refractivity contribution < 1.29 is 19.7 Å². The molecule has 0 unspecified atom stereocenters. The number of rotatable bonds is 4. The third-order valence-corrected chi connectivity index (χ3v) is 9.28. The number of hydrogen-bond donors (Lipinski definition) is 4. The Balaban J connectivity index is 1.17. The molecule has 2 heterocycles. The number of H-pyrrole nitrogens is 1. The highest BCUT2D eigenvalue weighted by molar-refractivity contribution is 5.84. The van der Waals surface area contributed by atoms with Crippen LogP contribution >= 0.6 is 0 Å². The van der Waals surface area contributed by atoms with Crippen LogP contribution in [0, 0.1) is 5.92 Å². The Morgan fingerprint density at radius 1 is 1.18 bits per heavy atom. The quantitative estimate of drug-likeness (QED) is 0.477. The highest BCUT2D eigenvalue weighted by atomic mass is 16.5. The molecular weight excluding hydrogens is 428 g/mol. The van der Waals surface area contributed by atoms with E-state index in [-0.39, 0.29) is 29.7 Å². The zero-order chi connectivity index (χ0) is 23.1. The predicted octanol–water partition coefficient (Wildman–Crippen LogP) is 3.87. The van der Waals surface area contributed by atoms with E-state index < -0.39 is 11.0 Å². The number of aromatic hydroxyl groups is 1. The van der Waals surface area contributed by atoms with Gasteiger partial charge < -0.3 is 25.3 Å². The Hall–Kier alpha value is -2.99. The molecule has 4 N–H and O–H groups in total. The van der Waals surface area contributed by atoms with Gasteiger partial charge in [0.1, 0.15) is 6.10 Å². The van der Waals surface area contributed by atoms with Crippen molar-refractivity contribution in [1.82, 2.24) is 10.3 Å². The second kappa shape index (κ2) is 7.01. The van der Waals surface area contributed by atoms with Crippen molar-refractivity contribution in [3.63, 3.8) is 0 Å². The van der Waals surface area contributed by atoms with E-state index in [0.29, 0.717) is 31.4 Å². The molecule has 3 aromatic rings. The molecule has 4 aliphatic rings. The number of ether oxygens (including phenoxy) is 1. The number of aromatic amines is 1. The molecule has 1 spiro atoms. The van der Waals surface area contributed by atoms with Gasteiger partial charge in [0.05, 0.1) is 17.1 Å². The van der Waals surface area contributed by atoms with E-state index >= 15 is 0 Å². The second-order valence-corrected chi connectivity index (χ2v) is 10.7. The number of benzene rings is 2. The van der Waals surface area contributed by atoms with Gasteiger partial charge in [0.15, 0.2) is 11.5 Å². The van der Waals surface area contributed by atoms with E-state index in [1.807, 2.05) is 30.5 Å².